The van der Waals surface area contributed by atoms with Gasteiger partial charge in [0.25, 0.3) is 11.9 Å². The quantitative estimate of drug-likeness (QED) is 0.107. The molecule has 1 heterocycles. The van der Waals surface area contributed by atoms with E-state index in [0.717, 1.165) is 30.2 Å². The molecule has 3 aromatic carbocycles. The standard InChI is InChI=1S/C31H34N2O7.C2H4O2/c34-20-25-18-24(8-11-28(25)35)29(36)19-32-13-12-22-6-9-27(10-7-22)39-16-15-38-21-23-3-1-4-26(17-23)33-31(37)30-5-2-14-40-30;1-2(3)4/h1-11,14,17-18,29,32,34-36H,12-13,15-16,19-21H2,(H,33,37);1H3,(H,3,4)/t29-;/m0./s1. The lowest BCUT2D eigenvalue weighted by atomic mass is 10.1. The molecule has 4 aromatic rings. The monoisotopic (exact) mass is 606 g/mol. The summed E-state index contributed by atoms with van der Waals surface area (Å²) in [6.07, 6.45) is 1.51. The van der Waals surface area contributed by atoms with Crippen LogP contribution in [-0.2, 0) is 29.2 Å². The molecule has 234 valence electrons. The highest BCUT2D eigenvalue weighted by Gasteiger charge is 2.11. The highest BCUT2D eigenvalue weighted by atomic mass is 16.5. The normalized spacial score (nSPS) is 11.2. The van der Waals surface area contributed by atoms with Gasteiger partial charge in [0.15, 0.2) is 5.76 Å². The number of benzene rings is 3. The maximum absolute atomic E-state index is 12.1. The van der Waals surface area contributed by atoms with E-state index in [-0.39, 0.29) is 24.0 Å². The van der Waals surface area contributed by atoms with Gasteiger partial charge in [-0.15, -0.1) is 0 Å². The van der Waals surface area contributed by atoms with Gasteiger partial charge >= 0.3 is 0 Å². The molecule has 0 aliphatic heterocycles. The third kappa shape index (κ3) is 11.9. The summed E-state index contributed by atoms with van der Waals surface area (Å²) in [6, 6.07) is 23.3. The Labute approximate surface area is 255 Å². The SMILES string of the molecule is CC(=O)O.O=C(Nc1cccc(COCCOc2ccc(CCNC[C@H](O)c3ccc(O)c(CO)c3)cc2)c1)c1ccco1. The van der Waals surface area contributed by atoms with Crippen molar-refractivity contribution in [3.63, 3.8) is 0 Å². The largest absolute Gasteiger partial charge is 0.508 e. The molecule has 11 nitrogen and oxygen atoms in total. The number of ether oxygens (including phenoxy) is 2. The van der Waals surface area contributed by atoms with E-state index in [2.05, 4.69) is 10.6 Å². The van der Waals surface area contributed by atoms with Gasteiger partial charge < -0.3 is 45.0 Å². The number of phenols is 1. The van der Waals surface area contributed by atoms with Crippen LogP contribution in [0, 0.1) is 0 Å². The topological polar surface area (TPSA) is 171 Å². The van der Waals surface area contributed by atoms with Crippen LogP contribution in [0.3, 0.4) is 0 Å². The van der Waals surface area contributed by atoms with Crippen molar-refractivity contribution < 1.29 is 43.9 Å². The Balaban J connectivity index is 0.00000124. The van der Waals surface area contributed by atoms with Crippen LogP contribution in [0.5, 0.6) is 11.5 Å². The molecule has 1 aromatic heterocycles. The summed E-state index contributed by atoms with van der Waals surface area (Å²) >= 11 is 0. The molecule has 6 N–H and O–H groups in total. The third-order valence-corrected chi connectivity index (χ3v) is 6.21. The van der Waals surface area contributed by atoms with E-state index in [0.29, 0.717) is 49.7 Å². The van der Waals surface area contributed by atoms with E-state index in [4.69, 9.17) is 23.8 Å². The summed E-state index contributed by atoms with van der Waals surface area (Å²) in [5.74, 6) is -0.113. The second-order valence-corrected chi connectivity index (χ2v) is 9.71. The highest BCUT2D eigenvalue weighted by molar-refractivity contribution is 6.02. The molecule has 0 radical (unpaired) electrons. The number of carboxylic acid groups (broad SMARTS) is 1. The molecule has 0 aliphatic rings. The molecule has 0 aliphatic carbocycles. The Morgan fingerprint density at radius 2 is 1.73 bits per heavy atom. The van der Waals surface area contributed by atoms with Crippen LogP contribution in [-0.4, -0.2) is 58.6 Å². The van der Waals surface area contributed by atoms with Crippen LogP contribution in [0.4, 0.5) is 5.69 Å². The summed E-state index contributed by atoms with van der Waals surface area (Å²) in [4.78, 5) is 21.1. The first-order valence-electron chi connectivity index (χ1n) is 14.0. The van der Waals surface area contributed by atoms with Crippen LogP contribution in [0.25, 0.3) is 0 Å². The van der Waals surface area contributed by atoms with Crippen LogP contribution in [0.2, 0.25) is 0 Å². The van der Waals surface area contributed by atoms with Gasteiger partial charge in [-0.05, 0) is 78.2 Å². The summed E-state index contributed by atoms with van der Waals surface area (Å²) in [5, 5.41) is 42.7. The molecule has 4 rings (SSSR count). The number of furan rings is 1. The van der Waals surface area contributed by atoms with Crippen LogP contribution >= 0.6 is 0 Å². The summed E-state index contributed by atoms with van der Waals surface area (Å²) in [7, 11) is 0. The Hall–Kier alpha value is -4.68. The van der Waals surface area contributed by atoms with Gasteiger partial charge in [-0.3, -0.25) is 9.59 Å². The van der Waals surface area contributed by atoms with Crippen molar-refractivity contribution in [1.29, 1.82) is 0 Å². The van der Waals surface area contributed by atoms with Gasteiger partial charge in [-0.2, -0.15) is 0 Å². The first kappa shape index (κ1) is 33.8. The molecule has 0 fully saturated rings. The summed E-state index contributed by atoms with van der Waals surface area (Å²) in [6.45, 7) is 3.06. The lowest BCUT2D eigenvalue weighted by Gasteiger charge is -2.14. The van der Waals surface area contributed by atoms with Crippen molar-refractivity contribution >= 4 is 17.6 Å². The number of amides is 1. The minimum Gasteiger partial charge on any atom is -0.508 e. The predicted octanol–water partition coefficient (Wildman–Crippen LogP) is 4.28. The number of aliphatic hydroxyl groups is 2. The molecular formula is C33H38N2O9. The molecule has 1 atom stereocenters. The number of carbonyl (C=O) groups excluding carboxylic acids is 1. The molecule has 11 heteroatoms. The minimum absolute atomic E-state index is 0.0164. The second kappa shape index (κ2) is 18.1. The van der Waals surface area contributed by atoms with Crippen molar-refractivity contribution in [1.82, 2.24) is 5.32 Å². The summed E-state index contributed by atoms with van der Waals surface area (Å²) in [5.41, 5.74) is 3.77. The smallest absolute Gasteiger partial charge is 0.300 e. The molecule has 44 heavy (non-hydrogen) atoms. The number of aliphatic carboxylic acids is 1. The fourth-order valence-electron chi connectivity index (χ4n) is 4.03. The van der Waals surface area contributed by atoms with Crippen molar-refractivity contribution in [2.75, 3.05) is 31.6 Å². The van der Waals surface area contributed by atoms with Crippen molar-refractivity contribution in [3.8, 4) is 11.5 Å². The van der Waals surface area contributed by atoms with Crippen molar-refractivity contribution in [2.24, 2.45) is 0 Å². The number of aliphatic hydroxyl groups excluding tert-OH is 2. The minimum atomic E-state index is -0.833. The zero-order valence-corrected chi connectivity index (χ0v) is 24.4. The lowest BCUT2D eigenvalue weighted by Crippen LogP contribution is -2.23. The number of anilines is 1. The number of hydrogen-bond donors (Lipinski definition) is 6. The van der Waals surface area contributed by atoms with E-state index in [1.165, 1.54) is 12.3 Å². The fourth-order valence-corrected chi connectivity index (χ4v) is 4.03. The highest BCUT2D eigenvalue weighted by Crippen LogP contribution is 2.22. The van der Waals surface area contributed by atoms with Crippen LogP contribution in [0.1, 0.15) is 45.8 Å². The molecule has 0 bridgehead atoms. The zero-order chi connectivity index (χ0) is 31.7. The van der Waals surface area contributed by atoms with Crippen LogP contribution in [0.15, 0.2) is 89.5 Å². The summed E-state index contributed by atoms with van der Waals surface area (Å²) < 4.78 is 16.6. The zero-order valence-electron chi connectivity index (χ0n) is 24.4. The molecule has 0 saturated carbocycles. The number of aromatic hydroxyl groups is 1. The molecule has 0 unspecified atom stereocenters. The van der Waals surface area contributed by atoms with E-state index in [9.17, 15) is 20.1 Å². The van der Waals surface area contributed by atoms with Gasteiger partial charge in [-0.25, -0.2) is 0 Å². The first-order chi connectivity index (χ1) is 21.2. The van der Waals surface area contributed by atoms with Crippen molar-refractivity contribution in [3.05, 3.63) is 113 Å². The number of hydrogen-bond acceptors (Lipinski definition) is 9. The van der Waals surface area contributed by atoms with E-state index >= 15 is 0 Å². The molecule has 0 spiro atoms. The maximum atomic E-state index is 12.1. The lowest BCUT2D eigenvalue weighted by molar-refractivity contribution is -0.134. The Bertz CT molecular complexity index is 1440. The van der Waals surface area contributed by atoms with Crippen LogP contribution < -0.4 is 15.4 Å². The average Bonchev–Trinajstić information content (AvgIpc) is 3.55. The molecular weight excluding hydrogens is 568 g/mol. The Morgan fingerprint density at radius 3 is 2.43 bits per heavy atom. The second-order valence-electron chi connectivity index (χ2n) is 9.71. The number of nitrogens with one attached hydrogen (secondary N) is 2. The number of carbonyl (C=O) groups is 2. The number of carboxylic acids is 1. The van der Waals surface area contributed by atoms with Gasteiger partial charge in [0.1, 0.15) is 18.1 Å². The number of rotatable bonds is 15. The van der Waals surface area contributed by atoms with Gasteiger partial charge in [0, 0.05) is 24.7 Å². The average molecular weight is 607 g/mol. The van der Waals surface area contributed by atoms with Gasteiger partial charge in [0.05, 0.1) is 32.2 Å². The molecule has 1 amide bonds. The Kier molecular flexibility index (Phi) is 13.9. The maximum Gasteiger partial charge on any atom is 0.300 e. The van der Waals surface area contributed by atoms with Crippen molar-refractivity contribution in [2.45, 2.75) is 32.7 Å². The van der Waals surface area contributed by atoms with Gasteiger partial charge in [-0.1, -0.05) is 30.3 Å². The van der Waals surface area contributed by atoms with E-state index in [1.807, 2.05) is 48.5 Å². The van der Waals surface area contributed by atoms with E-state index < -0.39 is 12.1 Å². The van der Waals surface area contributed by atoms with Gasteiger partial charge in [0.2, 0.25) is 0 Å². The third-order valence-electron chi connectivity index (χ3n) is 6.21. The molecule has 0 saturated heterocycles. The fraction of sp³-hybridized carbons (Fsp3) is 0.273. The Morgan fingerprint density at radius 1 is 0.955 bits per heavy atom. The first-order valence-corrected chi connectivity index (χ1v) is 14.0. The van der Waals surface area contributed by atoms with E-state index in [1.54, 1.807) is 24.3 Å². The predicted molar refractivity (Wildman–Crippen MR) is 164 cm³/mol.